The summed E-state index contributed by atoms with van der Waals surface area (Å²) >= 11 is 0. The third-order valence-corrected chi connectivity index (χ3v) is 11.4. The van der Waals surface area contributed by atoms with E-state index in [1.54, 1.807) is 31.5 Å². The molecule has 0 saturated carbocycles. The van der Waals surface area contributed by atoms with Crippen LogP contribution in [0.25, 0.3) is 32.9 Å². The molecule has 8 rings (SSSR count). The number of anilines is 1. The first kappa shape index (κ1) is 36.8. The van der Waals surface area contributed by atoms with E-state index in [-0.39, 0.29) is 49.0 Å². The Morgan fingerprint density at radius 2 is 1.84 bits per heavy atom. The van der Waals surface area contributed by atoms with Crippen molar-refractivity contribution < 1.29 is 23.7 Å². The van der Waals surface area contributed by atoms with Crippen LogP contribution < -0.4 is 19.7 Å². The van der Waals surface area contributed by atoms with Crippen molar-refractivity contribution in [2.75, 3.05) is 38.3 Å². The Morgan fingerprint density at radius 3 is 2.55 bits per heavy atom. The number of phenols is 1. The summed E-state index contributed by atoms with van der Waals surface area (Å²) in [6, 6.07) is 15.7. The number of methoxy groups -OCH3 is 1. The van der Waals surface area contributed by atoms with E-state index in [9.17, 15) is 5.11 Å². The van der Waals surface area contributed by atoms with Crippen molar-refractivity contribution in [3.8, 4) is 28.8 Å². The molecule has 2 fully saturated rings. The molecule has 5 heterocycles. The monoisotopic (exact) mass is 748 g/mol. The molecule has 3 unspecified atom stereocenters. The Morgan fingerprint density at radius 1 is 1.02 bits per heavy atom. The summed E-state index contributed by atoms with van der Waals surface area (Å²) in [5.74, 6) is 1.29. The van der Waals surface area contributed by atoms with E-state index < -0.39 is 0 Å². The molecule has 3 aliphatic heterocycles. The van der Waals surface area contributed by atoms with Crippen molar-refractivity contribution in [3.63, 3.8) is 0 Å². The van der Waals surface area contributed by atoms with Gasteiger partial charge in [0.25, 0.3) is 0 Å². The number of hydrogen-bond donors (Lipinski definition) is 2. The van der Waals surface area contributed by atoms with Gasteiger partial charge in [0.2, 0.25) is 0 Å². The normalized spacial score (nSPS) is 20.3. The molecule has 5 aromatic rings. The predicted octanol–water partition coefficient (Wildman–Crippen LogP) is 7.56. The average Bonchev–Trinajstić information content (AvgIpc) is 3.97. The molecule has 0 spiro atoms. The van der Waals surface area contributed by atoms with Gasteiger partial charge in [0.05, 0.1) is 18.0 Å². The van der Waals surface area contributed by atoms with Gasteiger partial charge in [-0.25, -0.2) is 4.39 Å². The van der Waals surface area contributed by atoms with Crippen molar-refractivity contribution in [1.82, 2.24) is 25.3 Å². The first-order valence-electron chi connectivity index (χ1n) is 19.3. The molecule has 2 saturated heterocycles. The van der Waals surface area contributed by atoms with Gasteiger partial charge in [0.15, 0.2) is 5.75 Å². The lowest BCUT2D eigenvalue weighted by Gasteiger charge is -2.29. The molecular formula is C42H49FN8O4. The molecule has 2 N–H and O–H groups in total. The second-order valence-corrected chi connectivity index (χ2v) is 15.4. The summed E-state index contributed by atoms with van der Waals surface area (Å²) in [4.78, 5) is 17.3. The van der Waals surface area contributed by atoms with Gasteiger partial charge in [-0.15, -0.1) is 0 Å². The Balaban J connectivity index is 1.23. The highest BCUT2D eigenvalue weighted by Crippen LogP contribution is 2.44. The van der Waals surface area contributed by atoms with Gasteiger partial charge in [-0.3, -0.25) is 9.99 Å². The van der Waals surface area contributed by atoms with Crippen molar-refractivity contribution in [2.45, 2.75) is 84.3 Å². The summed E-state index contributed by atoms with van der Waals surface area (Å²) in [5, 5.41) is 27.7. The Bertz CT molecular complexity index is 2230. The van der Waals surface area contributed by atoms with Crippen LogP contribution in [0.4, 0.5) is 10.2 Å². The number of nitrogens with one attached hydrogen (secondary N) is 1. The zero-order chi connectivity index (χ0) is 38.4. The van der Waals surface area contributed by atoms with Crippen LogP contribution in [0.5, 0.6) is 17.5 Å². The number of aromatic hydroxyl groups is 1. The minimum absolute atomic E-state index is 0.0338. The molecule has 0 aliphatic carbocycles. The number of rotatable bonds is 13. The summed E-state index contributed by atoms with van der Waals surface area (Å²) in [7, 11) is 1.64. The van der Waals surface area contributed by atoms with Crippen LogP contribution in [-0.2, 0) is 17.8 Å². The summed E-state index contributed by atoms with van der Waals surface area (Å²) in [6.07, 6.45) is 3.04. The van der Waals surface area contributed by atoms with E-state index in [1.807, 2.05) is 26.0 Å². The predicted molar refractivity (Wildman–Crippen MR) is 210 cm³/mol. The molecule has 2 aromatic heterocycles. The first-order valence-corrected chi connectivity index (χ1v) is 19.3. The summed E-state index contributed by atoms with van der Waals surface area (Å²) in [6.45, 7) is 13.2. The van der Waals surface area contributed by atoms with Gasteiger partial charge in [-0.05, 0) is 78.3 Å². The van der Waals surface area contributed by atoms with Crippen LogP contribution in [-0.4, -0.2) is 82.6 Å². The van der Waals surface area contributed by atoms with Gasteiger partial charge in [0.1, 0.15) is 47.9 Å². The number of pyridine rings is 1. The minimum atomic E-state index is -0.320. The molecule has 3 aliphatic rings. The highest BCUT2D eigenvalue weighted by Gasteiger charge is 2.40. The van der Waals surface area contributed by atoms with Crippen LogP contribution in [0.2, 0.25) is 0 Å². The van der Waals surface area contributed by atoms with Crippen LogP contribution in [0.3, 0.4) is 0 Å². The Hall–Kier alpha value is -5.14. The SMILES string of the molecule is CCc1c(F)ccc2cc(O)cc(-c3ncc4c(N5C[C@H]6CC5CN6)nc(OC[C@H](C)OC)nc4c3OCc3ccc(C4CN(C(C)C(C)C)N=N4)cc3)c12. The molecule has 55 heavy (non-hydrogen) atoms. The lowest BCUT2D eigenvalue weighted by atomic mass is 9.94. The number of phenolic OH excluding ortho intramolecular Hbond substituents is 1. The van der Waals surface area contributed by atoms with E-state index in [0.29, 0.717) is 68.7 Å². The maximum Gasteiger partial charge on any atom is 0.319 e. The molecular weight excluding hydrogens is 700 g/mol. The number of hydrogen-bond acceptors (Lipinski definition) is 12. The van der Waals surface area contributed by atoms with E-state index in [4.69, 9.17) is 29.2 Å². The van der Waals surface area contributed by atoms with Crippen LogP contribution in [0, 0.1) is 11.7 Å². The topological polar surface area (TPSA) is 130 Å². The maximum atomic E-state index is 15.4. The number of halogens is 1. The largest absolute Gasteiger partial charge is 0.508 e. The zero-order valence-electron chi connectivity index (χ0n) is 32.3. The number of benzene rings is 3. The quantitative estimate of drug-likeness (QED) is 0.124. The fourth-order valence-corrected chi connectivity index (χ4v) is 7.89. The number of piperazine rings is 1. The summed E-state index contributed by atoms with van der Waals surface area (Å²) < 4.78 is 33.9. The molecule has 3 aromatic carbocycles. The van der Waals surface area contributed by atoms with E-state index in [2.05, 4.69) is 58.5 Å². The van der Waals surface area contributed by atoms with Crippen molar-refractivity contribution >= 4 is 27.5 Å². The molecule has 0 amide bonds. The molecule has 2 bridgehead atoms. The van der Waals surface area contributed by atoms with Crippen molar-refractivity contribution in [1.29, 1.82) is 0 Å². The average molecular weight is 749 g/mol. The molecule has 12 nitrogen and oxygen atoms in total. The second-order valence-electron chi connectivity index (χ2n) is 15.4. The van der Waals surface area contributed by atoms with Gasteiger partial charge >= 0.3 is 6.01 Å². The maximum absolute atomic E-state index is 15.4. The lowest BCUT2D eigenvalue weighted by Crippen LogP contribution is -2.44. The van der Waals surface area contributed by atoms with E-state index >= 15 is 4.39 Å². The third-order valence-electron chi connectivity index (χ3n) is 11.4. The first-order chi connectivity index (χ1) is 26.6. The smallest absolute Gasteiger partial charge is 0.319 e. The van der Waals surface area contributed by atoms with Gasteiger partial charge in [0, 0.05) is 50.1 Å². The Kier molecular flexibility index (Phi) is 10.2. The number of aromatic nitrogens is 3. The standard InChI is InChI=1S/C42H49FN8O4/c1-7-32-35(43)13-12-28-14-31(52)16-33(37(28)32)38-40(54-22-26-8-10-27(11-9-26)36-20-51(49-48-36)25(5)23(2)3)39-34(18-45-38)41(50-19-29-15-30(50)17-44-29)47-42(46-39)55-21-24(4)53-6/h8-14,16,18,23-25,29-30,36,44,52H,7,15,17,19-22H2,1-6H3/t24-,25?,29+,30?,36?/m0/s1. The molecule has 13 heteroatoms. The third kappa shape index (κ3) is 7.11. The zero-order valence-corrected chi connectivity index (χ0v) is 32.3. The van der Waals surface area contributed by atoms with Gasteiger partial charge < -0.3 is 29.5 Å². The van der Waals surface area contributed by atoms with Crippen LogP contribution in [0.1, 0.15) is 63.8 Å². The van der Waals surface area contributed by atoms with Crippen LogP contribution in [0.15, 0.2) is 65.1 Å². The highest BCUT2D eigenvalue weighted by atomic mass is 19.1. The highest BCUT2D eigenvalue weighted by molar-refractivity contribution is 6.04. The van der Waals surface area contributed by atoms with Crippen molar-refractivity contribution in [3.05, 3.63) is 77.2 Å². The second kappa shape index (κ2) is 15.2. The van der Waals surface area contributed by atoms with Crippen molar-refractivity contribution in [2.24, 2.45) is 16.3 Å². The Labute approximate surface area is 320 Å². The number of fused-ring (bicyclic) bond motifs is 4. The van der Waals surface area contributed by atoms with Crippen LogP contribution >= 0.6 is 0 Å². The number of ether oxygens (including phenoxy) is 3. The number of aryl methyl sites for hydroxylation is 1. The molecule has 0 radical (unpaired) electrons. The molecule has 288 valence electrons. The number of nitrogens with zero attached hydrogens (tertiary/aromatic N) is 7. The van der Waals surface area contributed by atoms with E-state index in [0.717, 1.165) is 43.0 Å². The van der Waals surface area contributed by atoms with Gasteiger partial charge in [-0.1, -0.05) is 56.3 Å². The fourth-order valence-electron chi connectivity index (χ4n) is 7.89. The molecule has 5 atom stereocenters. The van der Waals surface area contributed by atoms with Gasteiger partial charge in [-0.2, -0.15) is 15.1 Å². The fraction of sp³-hybridized carbons (Fsp3) is 0.452. The summed E-state index contributed by atoms with van der Waals surface area (Å²) in [5.41, 5.74) is 4.03. The van der Waals surface area contributed by atoms with E-state index in [1.165, 1.54) is 6.07 Å². The minimum Gasteiger partial charge on any atom is -0.508 e. The lowest BCUT2D eigenvalue weighted by molar-refractivity contribution is 0.0682.